The van der Waals surface area contributed by atoms with Crippen LogP contribution in [0.3, 0.4) is 0 Å². The van der Waals surface area contributed by atoms with E-state index in [1.807, 2.05) is 19.1 Å². The standard InChI is InChI=1S/C10H11BrO2/c1-2-13-7-8-3-4-10(11)5-9(8)6-12/h3-6H,2,7H2,1H3. The largest absolute Gasteiger partial charge is 0.377 e. The summed E-state index contributed by atoms with van der Waals surface area (Å²) in [5.41, 5.74) is 1.61. The van der Waals surface area contributed by atoms with Gasteiger partial charge in [0.1, 0.15) is 6.29 Å². The van der Waals surface area contributed by atoms with E-state index in [2.05, 4.69) is 15.9 Å². The van der Waals surface area contributed by atoms with E-state index in [-0.39, 0.29) is 0 Å². The number of carbonyl (C=O) groups is 1. The van der Waals surface area contributed by atoms with Crippen LogP contribution in [0, 0.1) is 0 Å². The normalized spacial score (nSPS) is 10.0. The Hall–Kier alpha value is -0.670. The number of rotatable bonds is 4. The van der Waals surface area contributed by atoms with E-state index in [9.17, 15) is 4.79 Å². The summed E-state index contributed by atoms with van der Waals surface area (Å²) in [4.78, 5) is 10.7. The lowest BCUT2D eigenvalue weighted by molar-refractivity contribution is 0.110. The Morgan fingerprint density at radius 2 is 2.31 bits per heavy atom. The summed E-state index contributed by atoms with van der Waals surface area (Å²) in [5.74, 6) is 0. The summed E-state index contributed by atoms with van der Waals surface area (Å²) in [5, 5.41) is 0. The minimum atomic E-state index is 0.498. The molecule has 0 saturated carbocycles. The predicted octanol–water partition coefficient (Wildman–Crippen LogP) is 2.80. The monoisotopic (exact) mass is 242 g/mol. The van der Waals surface area contributed by atoms with Crippen LogP contribution in [0.15, 0.2) is 22.7 Å². The van der Waals surface area contributed by atoms with E-state index in [4.69, 9.17) is 4.74 Å². The lowest BCUT2D eigenvalue weighted by Crippen LogP contribution is -1.96. The Kier molecular flexibility index (Phi) is 4.12. The van der Waals surface area contributed by atoms with Gasteiger partial charge in [-0.3, -0.25) is 4.79 Å². The predicted molar refractivity (Wildman–Crippen MR) is 54.9 cm³/mol. The number of benzene rings is 1. The van der Waals surface area contributed by atoms with E-state index in [1.165, 1.54) is 0 Å². The van der Waals surface area contributed by atoms with Crippen LogP contribution in [0.1, 0.15) is 22.8 Å². The molecule has 0 unspecified atom stereocenters. The van der Waals surface area contributed by atoms with Crippen LogP contribution in [0.2, 0.25) is 0 Å². The smallest absolute Gasteiger partial charge is 0.150 e. The van der Waals surface area contributed by atoms with E-state index < -0.39 is 0 Å². The molecule has 0 aliphatic carbocycles. The zero-order valence-electron chi connectivity index (χ0n) is 7.42. The van der Waals surface area contributed by atoms with Gasteiger partial charge in [0.25, 0.3) is 0 Å². The second kappa shape index (κ2) is 5.14. The van der Waals surface area contributed by atoms with Crippen molar-refractivity contribution in [1.82, 2.24) is 0 Å². The Bertz CT molecular complexity index is 297. The van der Waals surface area contributed by atoms with Crippen LogP contribution < -0.4 is 0 Å². The van der Waals surface area contributed by atoms with Crippen LogP contribution in [-0.4, -0.2) is 12.9 Å². The van der Waals surface area contributed by atoms with Crippen molar-refractivity contribution in [1.29, 1.82) is 0 Å². The molecule has 2 nitrogen and oxygen atoms in total. The zero-order chi connectivity index (χ0) is 9.68. The molecule has 1 rings (SSSR count). The molecule has 0 bridgehead atoms. The molecule has 1 aromatic carbocycles. The molecule has 0 radical (unpaired) electrons. The van der Waals surface area contributed by atoms with E-state index in [0.717, 1.165) is 16.3 Å². The summed E-state index contributed by atoms with van der Waals surface area (Å²) in [6.07, 6.45) is 0.846. The van der Waals surface area contributed by atoms with Crippen LogP contribution in [0.5, 0.6) is 0 Å². The number of halogens is 1. The molecule has 0 aromatic heterocycles. The molecule has 0 aliphatic rings. The summed E-state index contributed by atoms with van der Waals surface area (Å²) in [6.45, 7) is 3.09. The van der Waals surface area contributed by atoms with E-state index >= 15 is 0 Å². The second-order valence-electron chi connectivity index (χ2n) is 2.60. The molecule has 0 atom stereocenters. The summed E-state index contributed by atoms with van der Waals surface area (Å²) in [7, 11) is 0. The molecule has 3 heteroatoms. The van der Waals surface area contributed by atoms with Gasteiger partial charge < -0.3 is 4.74 Å². The van der Waals surface area contributed by atoms with Gasteiger partial charge in [-0.15, -0.1) is 0 Å². The van der Waals surface area contributed by atoms with Crippen molar-refractivity contribution < 1.29 is 9.53 Å². The fraction of sp³-hybridized carbons (Fsp3) is 0.300. The molecule has 13 heavy (non-hydrogen) atoms. The van der Waals surface area contributed by atoms with Crippen LogP contribution in [0.4, 0.5) is 0 Å². The zero-order valence-corrected chi connectivity index (χ0v) is 9.00. The number of aldehydes is 1. The molecule has 70 valence electrons. The number of carbonyl (C=O) groups excluding carboxylic acids is 1. The first-order chi connectivity index (χ1) is 6.27. The first-order valence-corrected chi connectivity index (χ1v) is 4.88. The van der Waals surface area contributed by atoms with Crippen molar-refractivity contribution >= 4 is 22.2 Å². The van der Waals surface area contributed by atoms with Crippen molar-refractivity contribution in [2.24, 2.45) is 0 Å². The summed E-state index contributed by atoms with van der Waals surface area (Å²) < 4.78 is 6.14. The highest BCUT2D eigenvalue weighted by Gasteiger charge is 2.01. The average molecular weight is 243 g/mol. The summed E-state index contributed by atoms with van der Waals surface area (Å²) >= 11 is 3.31. The molecule has 0 heterocycles. The minimum Gasteiger partial charge on any atom is -0.377 e. The molecule has 0 spiro atoms. The van der Waals surface area contributed by atoms with Crippen molar-refractivity contribution in [3.8, 4) is 0 Å². The topological polar surface area (TPSA) is 26.3 Å². The Morgan fingerprint density at radius 1 is 1.54 bits per heavy atom. The highest BCUT2D eigenvalue weighted by molar-refractivity contribution is 9.10. The van der Waals surface area contributed by atoms with Gasteiger partial charge in [-0.25, -0.2) is 0 Å². The van der Waals surface area contributed by atoms with Crippen molar-refractivity contribution in [2.45, 2.75) is 13.5 Å². The maximum atomic E-state index is 10.7. The third kappa shape index (κ3) is 2.94. The Morgan fingerprint density at radius 3 is 2.92 bits per heavy atom. The molecule has 0 amide bonds. The van der Waals surface area contributed by atoms with Gasteiger partial charge >= 0.3 is 0 Å². The van der Waals surface area contributed by atoms with Gasteiger partial charge in [0.05, 0.1) is 6.61 Å². The SMILES string of the molecule is CCOCc1ccc(Br)cc1C=O. The molecule has 0 N–H and O–H groups in total. The molecule has 1 aromatic rings. The van der Waals surface area contributed by atoms with Gasteiger partial charge in [0.2, 0.25) is 0 Å². The molecule has 0 saturated heterocycles. The molecular formula is C10H11BrO2. The number of hydrogen-bond donors (Lipinski definition) is 0. The second-order valence-corrected chi connectivity index (χ2v) is 3.51. The summed E-state index contributed by atoms with van der Waals surface area (Å²) in [6, 6.07) is 5.59. The van der Waals surface area contributed by atoms with Gasteiger partial charge in [0, 0.05) is 16.6 Å². The van der Waals surface area contributed by atoms with Gasteiger partial charge in [0.15, 0.2) is 0 Å². The van der Waals surface area contributed by atoms with Crippen LogP contribution in [-0.2, 0) is 11.3 Å². The fourth-order valence-electron chi connectivity index (χ4n) is 1.02. The van der Waals surface area contributed by atoms with Crippen molar-refractivity contribution in [3.63, 3.8) is 0 Å². The van der Waals surface area contributed by atoms with Crippen molar-refractivity contribution in [2.75, 3.05) is 6.61 Å². The molecule has 0 fully saturated rings. The average Bonchev–Trinajstić information content (AvgIpc) is 2.16. The quantitative estimate of drug-likeness (QED) is 0.760. The van der Waals surface area contributed by atoms with Gasteiger partial charge in [-0.05, 0) is 24.6 Å². The Balaban J connectivity index is 2.86. The minimum absolute atomic E-state index is 0.498. The third-order valence-corrected chi connectivity index (χ3v) is 2.19. The maximum Gasteiger partial charge on any atom is 0.150 e. The number of hydrogen-bond acceptors (Lipinski definition) is 2. The molecular weight excluding hydrogens is 232 g/mol. The lowest BCUT2D eigenvalue weighted by Gasteiger charge is -2.04. The third-order valence-electron chi connectivity index (χ3n) is 1.70. The highest BCUT2D eigenvalue weighted by atomic mass is 79.9. The van der Waals surface area contributed by atoms with E-state index in [0.29, 0.717) is 18.8 Å². The first kappa shape index (κ1) is 10.4. The lowest BCUT2D eigenvalue weighted by atomic mass is 10.1. The number of ether oxygens (including phenoxy) is 1. The maximum absolute atomic E-state index is 10.7. The van der Waals surface area contributed by atoms with Gasteiger partial charge in [-0.2, -0.15) is 0 Å². The van der Waals surface area contributed by atoms with Crippen molar-refractivity contribution in [3.05, 3.63) is 33.8 Å². The highest BCUT2D eigenvalue weighted by Crippen LogP contribution is 2.15. The van der Waals surface area contributed by atoms with Crippen LogP contribution in [0.25, 0.3) is 0 Å². The Labute approximate surface area is 86.0 Å². The molecule has 0 aliphatic heterocycles. The first-order valence-electron chi connectivity index (χ1n) is 4.09. The fourth-order valence-corrected chi connectivity index (χ4v) is 1.40. The van der Waals surface area contributed by atoms with E-state index in [1.54, 1.807) is 6.07 Å². The van der Waals surface area contributed by atoms with Crippen LogP contribution >= 0.6 is 15.9 Å². The van der Waals surface area contributed by atoms with Gasteiger partial charge in [-0.1, -0.05) is 22.0 Å².